The molecule has 3 atom stereocenters. The molecule has 0 spiro atoms. The number of aromatic nitrogens is 1. The zero-order valence-electron chi connectivity index (χ0n) is 16.9. The van der Waals surface area contributed by atoms with Gasteiger partial charge in [0.25, 0.3) is 0 Å². The number of carboxylic acids is 1. The minimum absolute atomic E-state index is 0.114. The molecule has 3 unspecified atom stereocenters. The number of carbonyl (C=O) groups is 1. The predicted octanol–water partition coefficient (Wildman–Crippen LogP) is 4.06. The summed E-state index contributed by atoms with van der Waals surface area (Å²) in [5.41, 5.74) is 4.52. The molecule has 2 aromatic rings. The number of nitrogens with zero attached hydrogens (tertiary/aromatic N) is 1. The van der Waals surface area contributed by atoms with Gasteiger partial charge in [-0.3, -0.25) is 4.90 Å². The smallest absolute Gasteiger partial charge is 0.327 e. The van der Waals surface area contributed by atoms with Gasteiger partial charge in [-0.15, -0.1) is 0 Å². The molecule has 29 heavy (non-hydrogen) atoms. The summed E-state index contributed by atoms with van der Waals surface area (Å²) >= 11 is 0. The molecule has 5 nitrogen and oxygen atoms in total. The first-order chi connectivity index (χ1) is 14.0. The average Bonchev–Trinajstić information content (AvgIpc) is 3.27. The van der Waals surface area contributed by atoms with Gasteiger partial charge in [0, 0.05) is 41.4 Å². The Morgan fingerprint density at radius 1 is 1.31 bits per heavy atom. The van der Waals surface area contributed by atoms with Crippen molar-refractivity contribution >= 4 is 16.9 Å². The Morgan fingerprint density at radius 2 is 2.10 bits per heavy atom. The second-order valence-corrected chi connectivity index (χ2v) is 9.91. The molecule has 3 heterocycles. The number of aromatic amines is 1. The third-order valence-electron chi connectivity index (χ3n) is 8.03. The maximum Gasteiger partial charge on any atom is 0.327 e. The molecular formula is C24H28N2O3. The highest BCUT2D eigenvalue weighted by Crippen LogP contribution is 2.79. The van der Waals surface area contributed by atoms with E-state index in [1.807, 2.05) is 6.08 Å². The number of aliphatic carboxylic acids is 1. The second kappa shape index (κ2) is 5.96. The van der Waals surface area contributed by atoms with Crippen LogP contribution < -0.4 is 0 Å². The predicted molar refractivity (Wildman–Crippen MR) is 111 cm³/mol. The first kappa shape index (κ1) is 17.7. The van der Waals surface area contributed by atoms with Crippen LogP contribution in [-0.2, 0) is 16.0 Å². The van der Waals surface area contributed by atoms with E-state index in [4.69, 9.17) is 9.84 Å². The van der Waals surface area contributed by atoms with Crippen LogP contribution in [0.25, 0.3) is 10.9 Å². The lowest BCUT2D eigenvalue weighted by Crippen LogP contribution is -2.68. The highest BCUT2D eigenvalue weighted by atomic mass is 16.5. The molecule has 3 aliphatic carbocycles. The van der Waals surface area contributed by atoms with Crippen LogP contribution in [0.4, 0.5) is 0 Å². The number of hydrogen-bond donors (Lipinski definition) is 2. The van der Waals surface area contributed by atoms with Gasteiger partial charge in [-0.1, -0.05) is 24.3 Å². The van der Waals surface area contributed by atoms with Crippen LogP contribution in [0.5, 0.6) is 0 Å². The summed E-state index contributed by atoms with van der Waals surface area (Å²) in [4.78, 5) is 17.6. The van der Waals surface area contributed by atoms with Crippen LogP contribution in [0.15, 0.2) is 36.4 Å². The maximum atomic E-state index is 11.0. The number of hydrogen-bond acceptors (Lipinski definition) is 3. The van der Waals surface area contributed by atoms with Crippen LogP contribution in [-0.4, -0.2) is 46.3 Å². The van der Waals surface area contributed by atoms with Gasteiger partial charge in [0.2, 0.25) is 0 Å². The highest BCUT2D eigenvalue weighted by Gasteiger charge is 2.71. The van der Waals surface area contributed by atoms with Crippen molar-refractivity contribution in [1.29, 1.82) is 0 Å². The van der Waals surface area contributed by atoms with E-state index >= 15 is 0 Å². The fourth-order valence-electron chi connectivity index (χ4n) is 7.09. The maximum absolute atomic E-state index is 11.0. The monoisotopic (exact) mass is 392 g/mol. The van der Waals surface area contributed by atoms with Crippen LogP contribution in [0.1, 0.15) is 49.9 Å². The van der Waals surface area contributed by atoms with Crippen molar-refractivity contribution in [3.63, 3.8) is 0 Å². The normalized spacial score (nSPS) is 38.7. The molecule has 5 heteroatoms. The molecule has 3 saturated carbocycles. The van der Waals surface area contributed by atoms with Crippen LogP contribution in [0.2, 0.25) is 0 Å². The van der Waals surface area contributed by atoms with E-state index in [0.717, 1.165) is 45.3 Å². The third kappa shape index (κ3) is 2.44. The van der Waals surface area contributed by atoms with E-state index in [0.29, 0.717) is 18.1 Å². The van der Waals surface area contributed by atoms with Gasteiger partial charge in [-0.25, -0.2) is 4.79 Å². The molecule has 0 radical (unpaired) electrons. The van der Waals surface area contributed by atoms with Gasteiger partial charge >= 0.3 is 5.97 Å². The zero-order chi connectivity index (χ0) is 19.8. The molecule has 1 aromatic carbocycles. The summed E-state index contributed by atoms with van der Waals surface area (Å²) in [5.74, 6) is -0.835. The molecule has 7 rings (SSSR count). The Labute approximate surface area is 170 Å². The first-order valence-electron chi connectivity index (χ1n) is 10.9. The van der Waals surface area contributed by atoms with E-state index in [2.05, 4.69) is 41.1 Å². The minimum atomic E-state index is -0.835. The van der Waals surface area contributed by atoms with Crippen molar-refractivity contribution in [3.05, 3.63) is 47.7 Å². The van der Waals surface area contributed by atoms with Gasteiger partial charge in [-0.05, 0) is 61.5 Å². The summed E-state index contributed by atoms with van der Waals surface area (Å²) in [6.45, 7) is 4.07. The molecule has 1 saturated heterocycles. The molecular weight excluding hydrogens is 364 g/mol. The number of para-hydroxylation sites is 1. The quantitative estimate of drug-likeness (QED) is 0.771. The van der Waals surface area contributed by atoms with Crippen molar-refractivity contribution in [2.24, 2.45) is 10.8 Å². The number of nitrogens with one attached hydrogen (secondary N) is 1. The molecule has 2 aliphatic heterocycles. The second-order valence-electron chi connectivity index (χ2n) is 9.91. The largest absolute Gasteiger partial charge is 0.478 e. The summed E-state index contributed by atoms with van der Waals surface area (Å²) in [5, 5.41) is 10.4. The molecule has 152 valence electrons. The number of allylic oxidation sites excluding steroid dienone is 1. The summed E-state index contributed by atoms with van der Waals surface area (Å²) in [7, 11) is 0. The Hall–Kier alpha value is -2.11. The summed E-state index contributed by atoms with van der Waals surface area (Å²) in [6, 6.07) is 10.0. The van der Waals surface area contributed by atoms with Crippen LogP contribution >= 0.6 is 0 Å². The Bertz CT molecular complexity index is 997. The number of H-pyrrole nitrogens is 1. The van der Waals surface area contributed by atoms with E-state index in [-0.39, 0.29) is 10.8 Å². The van der Waals surface area contributed by atoms with Crippen molar-refractivity contribution in [2.75, 3.05) is 13.2 Å². The SMILES string of the molecule is CC1Cc2c([nH]c3ccccc23)C(C23CC(/C=C/C(=O)O)(C2)C3)N1C1CCOC1. The Morgan fingerprint density at radius 3 is 2.83 bits per heavy atom. The average molecular weight is 392 g/mol. The molecule has 4 fully saturated rings. The third-order valence-corrected chi connectivity index (χ3v) is 8.03. The summed E-state index contributed by atoms with van der Waals surface area (Å²) in [6.07, 6.45) is 8.78. The molecule has 2 N–H and O–H groups in total. The number of fused-ring (bicyclic) bond motifs is 3. The zero-order valence-corrected chi connectivity index (χ0v) is 16.9. The van der Waals surface area contributed by atoms with E-state index in [9.17, 15) is 4.79 Å². The molecule has 2 bridgehead atoms. The van der Waals surface area contributed by atoms with Crippen molar-refractivity contribution in [1.82, 2.24) is 9.88 Å². The fourth-order valence-corrected chi connectivity index (χ4v) is 7.09. The summed E-state index contributed by atoms with van der Waals surface area (Å²) < 4.78 is 5.79. The number of carboxylic acid groups (broad SMARTS) is 1. The lowest BCUT2D eigenvalue weighted by Gasteiger charge is -2.74. The lowest BCUT2D eigenvalue weighted by atomic mass is 9.32. The van der Waals surface area contributed by atoms with Gasteiger partial charge in [-0.2, -0.15) is 0 Å². The minimum Gasteiger partial charge on any atom is -0.478 e. The first-order valence-corrected chi connectivity index (χ1v) is 10.9. The van der Waals surface area contributed by atoms with Crippen LogP contribution in [0.3, 0.4) is 0 Å². The van der Waals surface area contributed by atoms with Crippen molar-refractivity contribution < 1.29 is 14.6 Å². The van der Waals surface area contributed by atoms with Gasteiger partial charge < -0.3 is 14.8 Å². The number of rotatable bonds is 4. The molecule has 5 aliphatic rings. The standard InChI is InChI=1S/C24H28N2O3/c1-15-10-18-17-4-2-3-5-19(17)25-21(18)22(26(15)16-7-9-29-11-16)24-12-23(13-24,14-24)8-6-20(27)28/h2-6,8,15-16,22,25H,7,9-14H2,1H3,(H,27,28)/b8-6+. The van der Waals surface area contributed by atoms with Gasteiger partial charge in [0.05, 0.1) is 12.6 Å². The molecule has 0 amide bonds. The lowest BCUT2D eigenvalue weighted by molar-refractivity contribution is -0.227. The van der Waals surface area contributed by atoms with Gasteiger partial charge in [0.1, 0.15) is 0 Å². The van der Waals surface area contributed by atoms with Crippen molar-refractivity contribution in [2.45, 2.75) is 57.2 Å². The van der Waals surface area contributed by atoms with Crippen LogP contribution in [0, 0.1) is 10.8 Å². The number of ether oxygens (including phenoxy) is 1. The highest BCUT2D eigenvalue weighted by molar-refractivity contribution is 5.85. The Kier molecular flexibility index (Phi) is 3.64. The van der Waals surface area contributed by atoms with E-state index in [1.165, 1.54) is 28.2 Å². The van der Waals surface area contributed by atoms with Gasteiger partial charge in [0.15, 0.2) is 0 Å². The molecule has 1 aromatic heterocycles. The van der Waals surface area contributed by atoms with E-state index in [1.54, 1.807) is 0 Å². The topological polar surface area (TPSA) is 65.6 Å². The van der Waals surface area contributed by atoms with E-state index < -0.39 is 5.97 Å². The van der Waals surface area contributed by atoms with Crippen molar-refractivity contribution in [3.8, 4) is 0 Å². The fraction of sp³-hybridized carbons (Fsp3) is 0.542. The Balaban J connectivity index is 1.41. The number of benzene rings is 1.